The summed E-state index contributed by atoms with van der Waals surface area (Å²) in [6.45, 7) is 0. The van der Waals surface area contributed by atoms with Gasteiger partial charge in [0.05, 0.1) is 28.2 Å². The third-order valence-electron chi connectivity index (χ3n) is 4.76. The Hall–Kier alpha value is -0.630. The minimum atomic E-state index is -2.05. The van der Waals surface area contributed by atoms with Crippen LogP contribution in [-0.2, 0) is 14.4 Å². The number of nitrogens with zero attached hydrogens (tertiary/aromatic N) is 1. The van der Waals surface area contributed by atoms with Crippen LogP contribution in [-0.4, -0.2) is 36.9 Å². The lowest BCUT2D eigenvalue weighted by Crippen LogP contribution is -2.50. The molecule has 26 heavy (non-hydrogen) atoms. The first-order chi connectivity index (χ1) is 12.0. The highest BCUT2D eigenvalue weighted by Crippen LogP contribution is 2.77. The van der Waals surface area contributed by atoms with E-state index in [0.29, 0.717) is 0 Å². The molecule has 4 atom stereocenters. The van der Waals surface area contributed by atoms with Gasteiger partial charge in [-0.15, -0.1) is 28.3 Å². The summed E-state index contributed by atoms with van der Waals surface area (Å²) in [6, 6.07) is 2.72. The average molecular weight is 480 g/mol. The number of halogens is 6. The molecule has 1 aromatic rings. The quantitative estimate of drug-likeness (QED) is 0.476. The first-order valence-electron chi connectivity index (χ1n) is 6.96. The van der Waals surface area contributed by atoms with Crippen LogP contribution in [0.4, 0.5) is 0 Å². The van der Waals surface area contributed by atoms with Crippen molar-refractivity contribution in [1.82, 2.24) is 5.06 Å². The summed E-state index contributed by atoms with van der Waals surface area (Å²) >= 11 is 37.9. The number of imide groups is 1. The number of rotatable bonds is 2. The highest BCUT2D eigenvalue weighted by atomic mass is 35.5. The highest BCUT2D eigenvalue weighted by molar-refractivity contribution is 6.66. The van der Waals surface area contributed by atoms with Gasteiger partial charge < -0.3 is 9.25 Å². The number of allylic oxidation sites excluding steroid dienone is 2. The van der Waals surface area contributed by atoms with Crippen molar-refractivity contribution in [3.05, 3.63) is 34.2 Å². The van der Waals surface area contributed by atoms with Gasteiger partial charge in [0.25, 0.3) is 11.8 Å². The molecule has 2 amide bonds. The molecular formula is C14H5Cl6NO5. The smallest absolute Gasteiger partial charge is 0.398 e. The number of hydroxylamine groups is 2. The number of carbonyl (C=O) groups is 3. The summed E-state index contributed by atoms with van der Waals surface area (Å²) in [6.07, 6.45) is 1.22. The van der Waals surface area contributed by atoms with Crippen LogP contribution in [0, 0.1) is 11.8 Å². The SMILES string of the molecule is O=C(ON1C(=O)[C@H]2[C@H](C1=O)[C@]1(Cl)C(Cl)=C(Cl)[C@]2(Cl)C1(Cl)Cl)c1ccco1. The molecule has 0 unspecified atom stereocenters. The molecule has 1 aromatic heterocycles. The molecule has 3 aliphatic rings. The fourth-order valence-corrected chi connectivity index (χ4v) is 6.51. The predicted molar refractivity (Wildman–Crippen MR) is 93.3 cm³/mol. The van der Waals surface area contributed by atoms with Crippen LogP contribution in [0.15, 0.2) is 32.9 Å². The molecule has 1 saturated heterocycles. The number of alkyl halides is 4. The first kappa shape index (κ1) is 18.7. The van der Waals surface area contributed by atoms with Crippen LogP contribution >= 0.6 is 69.6 Å². The Bertz CT molecular complexity index is 852. The van der Waals surface area contributed by atoms with Gasteiger partial charge in [0, 0.05) is 0 Å². The molecule has 0 N–H and O–H groups in total. The Kier molecular flexibility index (Phi) is 3.93. The number of carbonyl (C=O) groups excluding carboxylic acids is 3. The molecular weight excluding hydrogens is 475 g/mol. The van der Waals surface area contributed by atoms with Gasteiger partial charge in [-0.05, 0) is 12.1 Å². The van der Waals surface area contributed by atoms with Gasteiger partial charge in [-0.2, -0.15) is 0 Å². The van der Waals surface area contributed by atoms with E-state index in [0.717, 1.165) is 0 Å². The molecule has 0 aromatic carbocycles. The zero-order valence-corrected chi connectivity index (χ0v) is 16.7. The van der Waals surface area contributed by atoms with Crippen LogP contribution in [0.5, 0.6) is 0 Å². The molecule has 4 rings (SSSR count). The Balaban J connectivity index is 1.76. The highest BCUT2D eigenvalue weighted by Gasteiger charge is 2.88. The molecule has 1 saturated carbocycles. The molecule has 0 radical (unpaired) electrons. The Morgan fingerprint density at radius 1 is 1.04 bits per heavy atom. The molecule has 12 heteroatoms. The number of fused-ring (bicyclic) bond motifs is 5. The van der Waals surface area contributed by atoms with E-state index < -0.39 is 43.7 Å². The van der Waals surface area contributed by atoms with Crippen LogP contribution in [0.25, 0.3) is 0 Å². The summed E-state index contributed by atoms with van der Waals surface area (Å²) in [5.41, 5.74) is 0. The standard InChI is InChI=1S/C14H5Cl6NO5/c15-7-8(16)13(18)6-5(12(7,17)14(13,19)20)9(22)21(10(6)23)26-11(24)4-2-1-3-25-4/h1-3,5-6H/t5-,6-,12+,13+/m1/s1. The fourth-order valence-electron chi connectivity index (χ4n) is 3.58. The predicted octanol–water partition coefficient (Wildman–Crippen LogP) is 3.80. The second-order valence-corrected chi connectivity index (χ2v) is 9.18. The van der Waals surface area contributed by atoms with E-state index in [4.69, 9.17) is 78.9 Å². The van der Waals surface area contributed by atoms with E-state index in [9.17, 15) is 14.4 Å². The third-order valence-corrected chi connectivity index (χ3v) is 9.02. The summed E-state index contributed by atoms with van der Waals surface area (Å²) in [7, 11) is 0. The van der Waals surface area contributed by atoms with E-state index in [1.165, 1.54) is 18.4 Å². The number of hydrogen-bond acceptors (Lipinski definition) is 5. The van der Waals surface area contributed by atoms with E-state index >= 15 is 0 Å². The van der Waals surface area contributed by atoms with Gasteiger partial charge in [0.1, 0.15) is 9.75 Å². The van der Waals surface area contributed by atoms with Crippen LogP contribution in [0.1, 0.15) is 10.6 Å². The Labute approximate surface area is 175 Å². The summed E-state index contributed by atoms with van der Waals surface area (Å²) in [4.78, 5) is 38.6. The van der Waals surface area contributed by atoms with E-state index in [1.807, 2.05) is 0 Å². The summed E-state index contributed by atoms with van der Waals surface area (Å²) in [5, 5.41) is -0.207. The van der Waals surface area contributed by atoms with Crippen molar-refractivity contribution >= 4 is 87.4 Å². The number of amides is 2. The maximum atomic E-state index is 12.8. The maximum Gasteiger partial charge on any atom is 0.398 e. The molecule has 1 aliphatic heterocycles. The van der Waals surface area contributed by atoms with E-state index in [2.05, 4.69) is 0 Å². The van der Waals surface area contributed by atoms with Crippen molar-refractivity contribution in [2.24, 2.45) is 11.8 Å². The fraction of sp³-hybridized carbons (Fsp3) is 0.357. The summed E-state index contributed by atoms with van der Waals surface area (Å²) < 4.78 is 2.82. The molecule has 2 aliphatic carbocycles. The zero-order chi connectivity index (χ0) is 19.2. The summed E-state index contributed by atoms with van der Waals surface area (Å²) in [5.74, 6) is -5.96. The zero-order valence-electron chi connectivity index (χ0n) is 12.1. The molecule has 138 valence electrons. The Morgan fingerprint density at radius 3 is 1.96 bits per heavy atom. The van der Waals surface area contributed by atoms with E-state index in [-0.39, 0.29) is 20.9 Å². The second kappa shape index (κ2) is 5.46. The van der Waals surface area contributed by atoms with Crippen LogP contribution in [0.2, 0.25) is 0 Å². The maximum absolute atomic E-state index is 12.8. The topological polar surface area (TPSA) is 76.8 Å². The molecule has 6 nitrogen and oxygen atoms in total. The first-order valence-corrected chi connectivity index (χ1v) is 9.23. The van der Waals surface area contributed by atoms with Gasteiger partial charge in [-0.25, -0.2) is 4.79 Å². The largest absolute Gasteiger partial charge is 0.457 e. The third kappa shape index (κ3) is 1.81. The molecule has 0 spiro atoms. The van der Waals surface area contributed by atoms with Gasteiger partial charge in [-0.1, -0.05) is 46.4 Å². The van der Waals surface area contributed by atoms with E-state index in [1.54, 1.807) is 0 Å². The van der Waals surface area contributed by atoms with Crippen molar-refractivity contribution in [3.8, 4) is 0 Å². The molecule has 2 bridgehead atoms. The van der Waals surface area contributed by atoms with Crippen molar-refractivity contribution in [2.45, 2.75) is 14.1 Å². The normalized spacial score (nSPS) is 37.5. The van der Waals surface area contributed by atoms with Crippen molar-refractivity contribution < 1.29 is 23.6 Å². The average Bonchev–Trinajstić information content (AvgIpc) is 3.25. The number of hydrogen-bond donors (Lipinski definition) is 0. The second-order valence-electron chi connectivity index (χ2n) is 5.91. The lowest BCUT2D eigenvalue weighted by Gasteiger charge is -2.34. The van der Waals surface area contributed by atoms with Gasteiger partial charge in [-0.3, -0.25) is 9.59 Å². The number of furan rings is 1. The Morgan fingerprint density at radius 2 is 1.54 bits per heavy atom. The van der Waals surface area contributed by atoms with Crippen LogP contribution < -0.4 is 0 Å². The lowest BCUT2D eigenvalue weighted by atomic mass is 9.84. The van der Waals surface area contributed by atoms with Gasteiger partial charge in [0.15, 0.2) is 4.33 Å². The van der Waals surface area contributed by atoms with Crippen LogP contribution in [0.3, 0.4) is 0 Å². The lowest BCUT2D eigenvalue weighted by molar-refractivity contribution is -0.175. The minimum Gasteiger partial charge on any atom is -0.457 e. The van der Waals surface area contributed by atoms with Gasteiger partial charge >= 0.3 is 5.97 Å². The minimum absolute atomic E-state index is 0.218. The monoisotopic (exact) mass is 477 g/mol. The molecule has 2 fully saturated rings. The van der Waals surface area contributed by atoms with Crippen molar-refractivity contribution in [1.29, 1.82) is 0 Å². The van der Waals surface area contributed by atoms with Crippen molar-refractivity contribution in [3.63, 3.8) is 0 Å². The van der Waals surface area contributed by atoms with Gasteiger partial charge in [0.2, 0.25) is 5.76 Å². The van der Waals surface area contributed by atoms with Crippen molar-refractivity contribution in [2.75, 3.05) is 0 Å². The molecule has 2 heterocycles.